The van der Waals surface area contributed by atoms with Gasteiger partial charge in [0.2, 0.25) is 10.0 Å². The van der Waals surface area contributed by atoms with Crippen LogP contribution in [0.1, 0.15) is 44.9 Å². The number of rotatable bonds is 4. The van der Waals surface area contributed by atoms with Gasteiger partial charge in [0.1, 0.15) is 4.90 Å². The highest BCUT2D eigenvalue weighted by Gasteiger charge is 2.44. The molecule has 3 aliphatic rings. The lowest BCUT2D eigenvalue weighted by molar-refractivity contribution is 0.266. The van der Waals surface area contributed by atoms with Crippen molar-refractivity contribution in [3.63, 3.8) is 0 Å². The average Bonchev–Trinajstić information content (AvgIpc) is 3.09. The van der Waals surface area contributed by atoms with Crippen LogP contribution in [0, 0.1) is 11.8 Å². The van der Waals surface area contributed by atoms with Gasteiger partial charge in [0.05, 0.1) is 6.20 Å². The molecule has 4 rings (SSSR count). The molecule has 21 heavy (non-hydrogen) atoms. The third-order valence-electron chi connectivity index (χ3n) is 5.60. The second kappa shape index (κ2) is 5.09. The van der Waals surface area contributed by atoms with Gasteiger partial charge in [-0.05, 0) is 43.9 Å². The van der Waals surface area contributed by atoms with E-state index in [1.807, 2.05) is 4.68 Å². The van der Waals surface area contributed by atoms with Gasteiger partial charge in [-0.2, -0.15) is 9.40 Å². The number of sulfonamides is 1. The summed E-state index contributed by atoms with van der Waals surface area (Å²) < 4.78 is 29.2. The first-order valence-corrected chi connectivity index (χ1v) is 9.63. The van der Waals surface area contributed by atoms with Gasteiger partial charge in [0.15, 0.2) is 0 Å². The Morgan fingerprint density at radius 2 is 1.95 bits per heavy atom. The Morgan fingerprint density at radius 3 is 2.71 bits per heavy atom. The standard InChI is InChI=1S/C15H23N3O2S/c19-21(20,18-8-7-13-5-2-6-15(13)18)14-9-16-17(11-14)10-12-3-1-4-12/h9,11-13,15H,1-8,10H2. The van der Waals surface area contributed by atoms with E-state index >= 15 is 0 Å². The van der Waals surface area contributed by atoms with Crippen molar-refractivity contribution in [3.8, 4) is 0 Å². The van der Waals surface area contributed by atoms with Crippen LogP contribution in [0.25, 0.3) is 0 Å². The molecule has 2 atom stereocenters. The van der Waals surface area contributed by atoms with E-state index in [1.165, 1.54) is 38.3 Å². The van der Waals surface area contributed by atoms with E-state index in [2.05, 4.69) is 5.10 Å². The highest BCUT2D eigenvalue weighted by molar-refractivity contribution is 7.89. The highest BCUT2D eigenvalue weighted by Crippen LogP contribution is 2.40. The lowest BCUT2D eigenvalue weighted by Crippen LogP contribution is -2.35. The summed E-state index contributed by atoms with van der Waals surface area (Å²) in [5.41, 5.74) is 0. The molecule has 5 nitrogen and oxygen atoms in total. The van der Waals surface area contributed by atoms with Crippen LogP contribution in [0.3, 0.4) is 0 Å². The van der Waals surface area contributed by atoms with Crippen LogP contribution in [-0.4, -0.2) is 35.1 Å². The van der Waals surface area contributed by atoms with Crippen molar-refractivity contribution in [1.29, 1.82) is 0 Å². The minimum Gasteiger partial charge on any atom is -0.271 e. The van der Waals surface area contributed by atoms with E-state index in [0.29, 0.717) is 23.3 Å². The summed E-state index contributed by atoms with van der Waals surface area (Å²) in [5.74, 6) is 1.27. The summed E-state index contributed by atoms with van der Waals surface area (Å²) in [7, 11) is -3.35. The van der Waals surface area contributed by atoms with Crippen LogP contribution in [0.5, 0.6) is 0 Å². The first-order chi connectivity index (χ1) is 10.1. The zero-order chi connectivity index (χ0) is 14.4. The Bertz CT molecular complexity index is 621. The van der Waals surface area contributed by atoms with Crippen LogP contribution in [0.2, 0.25) is 0 Å². The molecular formula is C15H23N3O2S. The Labute approximate surface area is 126 Å². The Morgan fingerprint density at radius 1 is 1.14 bits per heavy atom. The maximum absolute atomic E-state index is 12.8. The summed E-state index contributed by atoms with van der Waals surface area (Å²) in [5, 5.41) is 4.27. The summed E-state index contributed by atoms with van der Waals surface area (Å²) in [6.45, 7) is 1.55. The van der Waals surface area contributed by atoms with Crippen LogP contribution in [0.15, 0.2) is 17.3 Å². The van der Waals surface area contributed by atoms with E-state index in [-0.39, 0.29) is 6.04 Å². The fraction of sp³-hybridized carbons (Fsp3) is 0.800. The highest BCUT2D eigenvalue weighted by atomic mass is 32.2. The quantitative estimate of drug-likeness (QED) is 0.857. The molecule has 3 fully saturated rings. The largest absolute Gasteiger partial charge is 0.271 e. The van der Waals surface area contributed by atoms with Gasteiger partial charge in [-0.15, -0.1) is 0 Å². The molecule has 2 saturated carbocycles. The molecule has 0 aromatic carbocycles. The predicted octanol–water partition coefficient (Wildman–Crippen LogP) is 2.25. The first kappa shape index (κ1) is 13.8. The Balaban J connectivity index is 1.53. The molecular weight excluding hydrogens is 286 g/mol. The van der Waals surface area contributed by atoms with Crippen molar-refractivity contribution < 1.29 is 8.42 Å². The molecule has 0 radical (unpaired) electrons. The van der Waals surface area contributed by atoms with E-state index in [0.717, 1.165) is 19.4 Å². The Kier molecular flexibility index (Phi) is 3.34. The molecule has 1 aromatic heterocycles. The van der Waals surface area contributed by atoms with Crippen LogP contribution in [-0.2, 0) is 16.6 Å². The minimum absolute atomic E-state index is 0.241. The normalized spacial score (nSPS) is 30.5. The van der Waals surface area contributed by atoms with Gasteiger partial charge in [-0.25, -0.2) is 8.42 Å². The molecule has 6 heteroatoms. The van der Waals surface area contributed by atoms with Crippen molar-refractivity contribution >= 4 is 10.0 Å². The third kappa shape index (κ3) is 2.32. The van der Waals surface area contributed by atoms with Crippen molar-refractivity contribution in [1.82, 2.24) is 14.1 Å². The van der Waals surface area contributed by atoms with Gasteiger partial charge < -0.3 is 0 Å². The van der Waals surface area contributed by atoms with Crippen LogP contribution >= 0.6 is 0 Å². The van der Waals surface area contributed by atoms with Gasteiger partial charge in [-0.1, -0.05) is 12.8 Å². The molecule has 1 aliphatic heterocycles. The molecule has 1 saturated heterocycles. The molecule has 2 heterocycles. The lowest BCUT2D eigenvalue weighted by Gasteiger charge is -2.25. The zero-order valence-corrected chi connectivity index (χ0v) is 13.1. The van der Waals surface area contributed by atoms with Gasteiger partial charge in [0.25, 0.3) is 0 Å². The van der Waals surface area contributed by atoms with E-state index in [4.69, 9.17) is 0 Å². The van der Waals surface area contributed by atoms with Crippen molar-refractivity contribution in [2.45, 2.75) is 62.4 Å². The molecule has 1 aromatic rings. The van der Waals surface area contributed by atoms with Gasteiger partial charge >= 0.3 is 0 Å². The average molecular weight is 309 g/mol. The monoisotopic (exact) mass is 309 g/mol. The van der Waals surface area contributed by atoms with E-state index < -0.39 is 10.0 Å². The topological polar surface area (TPSA) is 55.2 Å². The van der Waals surface area contributed by atoms with E-state index in [1.54, 1.807) is 10.5 Å². The number of aromatic nitrogens is 2. The smallest absolute Gasteiger partial charge is 0.246 e. The number of hydrogen-bond donors (Lipinski definition) is 0. The van der Waals surface area contributed by atoms with Crippen molar-refractivity contribution in [2.75, 3.05) is 6.54 Å². The summed E-state index contributed by atoms with van der Waals surface area (Å²) >= 11 is 0. The first-order valence-electron chi connectivity index (χ1n) is 8.19. The second-order valence-electron chi connectivity index (χ2n) is 6.86. The summed E-state index contributed by atoms with van der Waals surface area (Å²) in [6.07, 6.45) is 11.5. The fourth-order valence-corrected chi connectivity index (χ4v) is 5.83. The predicted molar refractivity (Wildman–Crippen MR) is 79.2 cm³/mol. The van der Waals surface area contributed by atoms with Crippen LogP contribution in [0.4, 0.5) is 0 Å². The molecule has 2 unspecified atom stereocenters. The van der Waals surface area contributed by atoms with E-state index in [9.17, 15) is 8.42 Å². The summed E-state index contributed by atoms with van der Waals surface area (Å²) in [6, 6.07) is 0.241. The molecule has 116 valence electrons. The minimum atomic E-state index is -3.35. The third-order valence-corrected chi connectivity index (χ3v) is 7.47. The Hall–Kier alpha value is -0.880. The number of nitrogens with zero attached hydrogens (tertiary/aromatic N) is 3. The van der Waals surface area contributed by atoms with Gasteiger partial charge in [-0.3, -0.25) is 4.68 Å². The SMILES string of the molecule is O=S(=O)(c1cnn(CC2CCC2)c1)N1CCC2CCCC21. The van der Waals surface area contributed by atoms with Gasteiger partial charge in [0, 0.05) is 25.3 Å². The maximum Gasteiger partial charge on any atom is 0.246 e. The molecule has 0 N–H and O–H groups in total. The molecule has 2 aliphatic carbocycles. The zero-order valence-electron chi connectivity index (χ0n) is 12.3. The summed E-state index contributed by atoms with van der Waals surface area (Å²) in [4.78, 5) is 0.384. The molecule has 0 amide bonds. The number of fused-ring (bicyclic) bond motifs is 1. The maximum atomic E-state index is 12.8. The lowest BCUT2D eigenvalue weighted by atomic mass is 9.85. The second-order valence-corrected chi connectivity index (χ2v) is 8.75. The molecule has 0 bridgehead atoms. The fourth-order valence-electron chi connectivity index (χ4n) is 4.14. The van der Waals surface area contributed by atoms with Crippen LogP contribution < -0.4 is 0 Å². The molecule has 0 spiro atoms. The van der Waals surface area contributed by atoms with Crippen molar-refractivity contribution in [2.24, 2.45) is 11.8 Å². The number of hydrogen-bond acceptors (Lipinski definition) is 3. The van der Waals surface area contributed by atoms with Crippen molar-refractivity contribution in [3.05, 3.63) is 12.4 Å².